The maximum atomic E-state index is 12.6. The number of methoxy groups -OCH3 is 2. The highest BCUT2D eigenvalue weighted by atomic mass is 32.1. The van der Waals surface area contributed by atoms with Crippen molar-refractivity contribution in [3.63, 3.8) is 0 Å². The molecule has 0 saturated carbocycles. The Morgan fingerprint density at radius 1 is 1.14 bits per heavy atom. The van der Waals surface area contributed by atoms with E-state index in [1.54, 1.807) is 21.1 Å². The lowest BCUT2D eigenvalue weighted by molar-refractivity contribution is -0.131. The Bertz CT molecular complexity index is 783. The fraction of sp³-hybridized carbons (Fsp3) is 0.696. The zero-order chi connectivity index (χ0) is 27.0. The Kier molecular flexibility index (Phi) is 15.9. The molecular weight excluding hydrogens is 476 g/mol. The molecule has 1 aromatic rings. The van der Waals surface area contributed by atoms with E-state index in [4.69, 9.17) is 9.47 Å². The van der Waals surface area contributed by atoms with Gasteiger partial charge in [-0.3, -0.25) is 24.2 Å². The van der Waals surface area contributed by atoms with E-state index in [-0.39, 0.29) is 24.9 Å². The molecule has 0 spiro atoms. The number of aromatic nitrogens is 1. The van der Waals surface area contributed by atoms with Crippen LogP contribution in [0.2, 0.25) is 0 Å². The van der Waals surface area contributed by atoms with Crippen LogP contribution in [0.25, 0.3) is 0 Å². The van der Waals surface area contributed by atoms with Crippen molar-refractivity contribution in [2.45, 2.75) is 58.7 Å². The summed E-state index contributed by atoms with van der Waals surface area (Å²) in [6.45, 7) is 9.52. The summed E-state index contributed by atoms with van der Waals surface area (Å²) in [4.78, 5) is 53.7. The second-order valence-electron chi connectivity index (χ2n) is 8.11. The average Bonchev–Trinajstić information content (AvgIpc) is 3.33. The smallest absolute Gasteiger partial charge is 0.263 e. The average molecular weight is 517 g/mol. The van der Waals surface area contributed by atoms with Crippen molar-refractivity contribution in [3.8, 4) is 0 Å². The molecule has 12 heteroatoms. The summed E-state index contributed by atoms with van der Waals surface area (Å²) in [5.41, 5.74) is 0.660. The van der Waals surface area contributed by atoms with Crippen LogP contribution in [0.1, 0.15) is 50.7 Å². The minimum atomic E-state index is -0.982. The van der Waals surface area contributed by atoms with Crippen molar-refractivity contribution in [2.24, 2.45) is 5.92 Å². The molecule has 3 atom stereocenters. The number of carbonyl (C=O) groups excluding carboxylic acids is 4. The number of rotatable bonds is 12. The molecule has 3 N–H and O–H groups in total. The lowest BCUT2D eigenvalue weighted by Crippen LogP contribution is -2.53. The third-order valence-corrected chi connectivity index (χ3v) is 5.26. The van der Waals surface area contributed by atoms with E-state index in [2.05, 4.69) is 25.7 Å². The molecule has 0 radical (unpaired) electrons. The highest BCUT2D eigenvalue weighted by molar-refractivity contribution is 7.11. The highest BCUT2D eigenvalue weighted by Gasteiger charge is 2.50. The molecule has 0 bridgehead atoms. The van der Waals surface area contributed by atoms with Crippen LogP contribution in [0, 0.1) is 5.92 Å². The quantitative estimate of drug-likeness (QED) is 0.351. The summed E-state index contributed by atoms with van der Waals surface area (Å²) in [7, 11) is 4.65. The van der Waals surface area contributed by atoms with Crippen molar-refractivity contribution in [3.05, 3.63) is 16.6 Å². The maximum Gasteiger partial charge on any atom is 0.263 e. The maximum absolute atomic E-state index is 12.6. The van der Waals surface area contributed by atoms with Crippen molar-refractivity contribution < 1.29 is 33.4 Å². The lowest BCUT2D eigenvalue weighted by atomic mass is 9.93. The van der Waals surface area contributed by atoms with Gasteiger partial charge in [0, 0.05) is 21.3 Å². The molecule has 200 valence electrons. The van der Waals surface area contributed by atoms with Crippen LogP contribution in [-0.4, -0.2) is 87.3 Å². The molecule has 1 saturated heterocycles. The number of amides is 3. The van der Waals surface area contributed by atoms with E-state index in [9.17, 15) is 19.2 Å². The number of nitrogens with one attached hydrogen (secondary N) is 3. The Hall–Kier alpha value is -2.41. The molecule has 0 aliphatic carbocycles. The van der Waals surface area contributed by atoms with Crippen LogP contribution in [0.4, 0.5) is 0 Å². The first-order valence-corrected chi connectivity index (χ1v) is 12.3. The molecule has 0 aromatic carbocycles. The molecule has 0 unspecified atom stereocenters. The van der Waals surface area contributed by atoms with Gasteiger partial charge in [-0.05, 0) is 19.3 Å². The molecule has 3 amide bonds. The third kappa shape index (κ3) is 12.2. The Morgan fingerprint density at radius 3 is 2.20 bits per heavy atom. The van der Waals surface area contributed by atoms with Gasteiger partial charge in [-0.15, -0.1) is 11.3 Å². The second kappa shape index (κ2) is 17.1. The number of carbonyl (C=O) groups is 4. The third-order valence-electron chi connectivity index (χ3n) is 4.49. The summed E-state index contributed by atoms with van der Waals surface area (Å²) in [6.07, 6.45) is 1.86. The van der Waals surface area contributed by atoms with Gasteiger partial charge in [0.05, 0.1) is 37.5 Å². The highest BCUT2D eigenvalue weighted by Crippen LogP contribution is 2.29. The first kappa shape index (κ1) is 32.6. The van der Waals surface area contributed by atoms with Gasteiger partial charge in [-0.1, -0.05) is 27.7 Å². The normalized spacial score (nSPS) is 17.5. The molecule has 2 heterocycles. The van der Waals surface area contributed by atoms with Crippen LogP contribution in [0.3, 0.4) is 0 Å². The van der Waals surface area contributed by atoms with Gasteiger partial charge in [0.15, 0.2) is 5.78 Å². The number of nitrogens with zero attached hydrogens (tertiary/aromatic N) is 1. The van der Waals surface area contributed by atoms with Crippen molar-refractivity contribution in [1.82, 2.24) is 20.9 Å². The van der Waals surface area contributed by atoms with E-state index in [0.717, 1.165) is 11.3 Å². The van der Waals surface area contributed by atoms with Crippen LogP contribution in [-0.2, 0) is 28.6 Å². The monoisotopic (exact) mass is 516 g/mol. The molecule has 1 aliphatic heterocycles. The molecular formula is C23H40N4O7S. The predicted octanol–water partition coefficient (Wildman–Crippen LogP) is 1.18. The molecule has 1 aliphatic rings. The number of ether oxygens (including phenoxy) is 3. The van der Waals surface area contributed by atoms with Gasteiger partial charge in [-0.25, -0.2) is 0 Å². The van der Waals surface area contributed by atoms with Crippen molar-refractivity contribution >= 4 is 34.8 Å². The SMILES string of the molecule is CC.COC.COC[C@H](NC(=O)c1cncs1)C(=O)NCC(=O)N[C@@H](CC(C)C)C(=O)[C@@]1(C)CO1. The van der Waals surface area contributed by atoms with E-state index in [1.807, 2.05) is 27.7 Å². The zero-order valence-corrected chi connectivity index (χ0v) is 22.7. The number of hydrogen-bond donors (Lipinski definition) is 3. The number of Topliss-reactive ketones (excluding diaryl/α,β-unsaturated/α-hetero) is 1. The second-order valence-corrected chi connectivity index (χ2v) is 8.99. The van der Waals surface area contributed by atoms with Gasteiger partial charge < -0.3 is 30.2 Å². The predicted molar refractivity (Wildman–Crippen MR) is 133 cm³/mol. The number of epoxide rings is 1. The lowest BCUT2D eigenvalue weighted by Gasteiger charge is -2.22. The zero-order valence-electron chi connectivity index (χ0n) is 21.9. The summed E-state index contributed by atoms with van der Waals surface area (Å²) in [5.74, 6) is -1.53. The van der Waals surface area contributed by atoms with Crippen LogP contribution in [0.5, 0.6) is 0 Å². The molecule has 35 heavy (non-hydrogen) atoms. The topological polar surface area (TPSA) is 148 Å². The van der Waals surface area contributed by atoms with Gasteiger partial charge in [0.2, 0.25) is 11.8 Å². The Labute approximate surface area is 211 Å². The van der Waals surface area contributed by atoms with Crippen LogP contribution < -0.4 is 16.0 Å². The van der Waals surface area contributed by atoms with E-state index in [0.29, 0.717) is 17.9 Å². The summed E-state index contributed by atoms with van der Waals surface area (Å²) in [6, 6.07) is -1.67. The largest absolute Gasteiger partial charge is 0.388 e. The van der Waals surface area contributed by atoms with Crippen LogP contribution in [0.15, 0.2) is 11.7 Å². The number of hydrogen-bond acceptors (Lipinski definition) is 9. The fourth-order valence-electron chi connectivity index (χ4n) is 2.76. The van der Waals surface area contributed by atoms with Crippen molar-refractivity contribution in [2.75, 3.05) is 41.1 Å². The van der Waals surface area contributed by atoms with Gasteiger partial charge in [0.1, 0.15) is 16.5 Å². The standard InChI is InChI=1S/C19H28N4O6S.C2H6O.C2H6/c1-11(2)5-12(16(25)19(3)9-29-19)22-15(24)7-21-17(26)13(8-28-4)23-18(27)14-6-20-10-30-14;1-3-2;1-2/h6,10-13H,5,7-9H2,1-4H3,(H,21,26)(H,22,24)(H,23,27);1-2H3;1-2H3/t12-,13-,19+;;/m0../s1. The summed E-state index contributed by atoms with van der Waals surface area (Å²) < 4.78 is 14.4. The number of ketones is 1. The summed E-state index contributed by atoms with van der Waals surface area (Å²) in [5, 5.41) is 7.69. The van der Waals surface area contributed by atoms with E-state index >= 15 is 0 Å². The van der Waals surface area contributed by atoms with Gasteiger partial charge in [-0.2, -0.15) is 0 Å². The molecule has 11 nitrogen and oxygen atoms in total. The van der Waals surface area contributed by atoms with E-state index in [1.165, 1.54) is 18.8 Å². The number of thiazole rings is 1. The van der Waals surface area contributed by atoms with Gasteiger partial charge >= 0.3 is 0 Å². The van der Waals surface area contributed by atoms with Gasteiger partial charge in [0.25, 0.3) is 5.91 Å². The van der Waals surface area contributed by atoms with E-state index < -0.39 is 35.4 Å². The first-order valence-electron chi connectivity index (χ1n) is 11.4. The molecule has 2 rings (SSSR count). The Morgan fingerprint density at radius 2 is 1.74 bits per heavy atom. The molecule has 1 fully saturated rings. The minimum Gasteiger partial charge on any atom is -0.388 e. The van der Waals surface area contributed by atoms with Crippen molar-refractivity contribution in [1.29, 1.82) is 0 Å². The summed E-state index contributed by atoms with van der Waals surface area (Å²) >= 11 is 1.14. The van der Waals surface area contributed by atoms with Crippen LogP contribution >= 0.6 is 11.3 Å². The molecule has 1 aromatic heterocycles. The fourth-order valence-corrected chi connectivity index (χ4v) is 3.29. The first-order chi connectivity index (χ1) is 16.6. The Balaban J connectivity index is 0.00000214. The minimum absolute atomic E-state index is 0.0673.